The van der Waals surface area contributed by atoms with Crippen LogP contribution in [0.15, 0.2) is 48.5 Å². The Bertz CT molecular complexity index is 874. The van der Waals surface area contributed by atoms with E-state index in [1.807, 2.05) is 35.8 Å². The molecule has 0 saturated carbocycles. The highest BCUT2D eigenvalue weighted by molar-refractivity contribution is 5.75. The third-order valence-corrected chi connectivity index (χ3v) is 3.81. The molecule has 0 unspecified atom stereocenters. The molecule has 0 amide bonds. The lowest BCUT2D eigenvalue weighted by atomic mass is 10.3. The predicted octanol–water partition coefficient (Wildman–Crippen LogP) is 3.49. The number of fused-ring (bicyclic) bond motifs is 1. The Morgan fingerprint density at radius 1 is 1.20 bits per heavy atom. The molecule has 0 bridgehead atoms. The number of carbonyl (C=O) groups is 1. The molecule has 0 aliphatic carbocycles. The summed E-state index contributed by atoms with van der Waals surface area (Å²) in [6.07, 6.45) is -0.487. The summed E-state index contributed by atoms with van der Waals surface area (Å²) in [5.74, 6) is 0.644. The third kappa shape index (κ3) is 4.15. The molecule has 130 valence electrons. The minimum Gasteiger partial charge on any atom is -0.490 e. The molecule has 3 aromatic rings. The van der Waals surface area contributed by atoms with Gasteiger partial charge in [0.05, 0.1) is 17.6 Å². The fourth-order valence-electron chi connectivity index (χ4n) is 2.71. The summed E-state index contributed by atoms with van der Waals surface area (Å²) in [7, 11) is 0. The van der Waals surface area contributed by atoms with E-state index >= 15 is 0 Å². The van der Waals surface area contributed by atoms with Crippen molar-refractivity contribution < 1.29 is 18.7 Å². The molecular weight excluding hydrogens is 323 g/mol. The molecule has 2 aromatic carbocycles. The van der Waals surface area contributed by atoms with E-state index in [-0.39, 0.29) is 18.4 Å². The van der Waals surface area contributed by atoms with Gasteiger partial charge in [-0.15, -0.1) is 0 Å². The van der Waals surface area contributed by atoms with Crippen LogP contribution in [0.4, 0.5) is 4.39 Å². The van der Waals surface area contributed by atoms with Crippen molar-refractivity contribution in [1.82, 2.24) is 9.55 Å². The molecule has 3 rings (SSSR count). The molecule has 0 N–H and O–H groups in total. The smallest absolute Gasteiger partial charge is 0.303 e. The van der Waals surface area contributed by atoms with Gasteiger partial charge in [0.25, 0.3) is 0 Å². The van der Waals surface area contributed by atoms with E-state index in [9.17, 15) is 9.18 Å². The summed E-state index contributed by atoms with van der Waals surface area (Å²) in [6.45, 7) is 3.86. The number of nitrogens with zero attached hydrogens (tertiary/aromatic N) is 2. The fraction of sp³-hybridized carbons (Fsp3) is 0.263. The molecule has 0 aliphatic heterocycles. The minimum atomic E-state index is -0.487. The van der Waals surface area contributed by atoms with Gasteiger partial charge in [-0.3, -0.25) is 4.79 Å². The molecule has 1 atom stereocenters. The molecule has 0 saturated heterocycles. The highest BCUT2D eigenvalue weighted by Gasteiger charge is 2.17. The maximum absolute atomic E-state index is 13.0. The first-order valence-corrected chi connectivity index (χ1v) is 8.00. The largest absolute Gasteiger partial charge is 0.490 e. The average Bonchev–Trinajstić information content (AvgIpc) is 2.89. The second-order valence-electron chi connectivity index (χ2n) is 5.75. The number of carbonyl (C=O) groups excluding carboxylic acids is 1. The first kappa shape index (κ1) is 17.0. The molecule has 1 aromatic heterocycles. The van der Waals surface area contributed by atoms with E-state index in [2.05, 4.69) is 4.98 Å². The molecule has 0 aliphatic rings. The van der Waals surface area contributed by atoms with Crippen molar-refractivity contribution in [2.75, 3.05) is 6.61 Å². The van der Waals surface area contributed by atoms with Gasteiger partial charge in [0.15, 0.2) is 6.10 Å². The number of esters is 1. The number of imidazole rings is 1. The molecule has 5 nitrogen and oxygen atoms in total. The average molecular weight is 342 g/mol. The van der Waals surface area contributed by atoms with Gasteiger partial charge in [-0.1, -0.05) is 12.1 Å². The number of hydrogen-bond donors (Lipinski definition) is 0. The summed E-state index contributed by atoms with van der Waals surface area (Å²) in [4.78, 5) is 15.9. The van der Waals surface area contributed by atoms with Crippen LogP contribution in [0, 0.1) is 12.7 Å². The predicted molar refractivity (Wildman–Crippen MR) is 91.9 cm³/mol. The van der Waals surface area contributed by atoms with E-state index in [1.165, 1.54) is 31.2 Å². The molecule has 6 heteroatoms. The zero-order valence-electron chi connectivity index (χ0n) is 14.1. The van der Waals surface area contributed by atoms with Gasteiger partial charge in [-0.05, 0) is 43.3 Å². The Balaban J connectivity index is 1.77. The summed E-state index contributed by atoms with van der Waals surface area (Å²) in [6, 6.07) is 13.5. The van der Waals surface area contributed by atoms with Gasteiger partial charge < -0.3 is 14.0 Å². The van der Waals surface area contributed by atoms with Crippen molar-refractivity contribution in [2.45, 2.75) is 26.5 Å². The van der Waals surface area contributed by atoms with Crippen molar-refractivity contribution in [1.29, 1.82) is 0 Å². The Kier molecular flexibility index (Phi) is 4.97. The van der Waals surface area contributed by atoms with Gasteiger partial charge >= 0.3 is 5.97 Å². The van der Waals surface area contributed by atoms with Crippen molar-refractivity contribution in [3.8, 4) is 5.75 Å². The molecular formula is C19H19FN2O3. The highest BCUT2D eigenvalue weighted by Crippen LogP contribution is 2.18. The number of aryl methyl sites for hydroxylation is 1. The second-order valence-corrected chi connectivity index (χ2v) is 5.75. The van der Waals surface area contributed by atoms with Crippen LogP contribution in [-0.4, -0.2) is 28.2 Å². The lowest BCUT2D eigenvalue weighted by molar-refractivity contribution is -0.148. The fourth-order valence-corrected chi connectivity index (χ4v) is 2.71. The molecule has 1 heterocycles. The molecule has 0 spiro atoms. The zero-order chi connectivity index (χ0) is 17.8. The monoisotopic (exact) mass is 342 g/mol. The summed E-state index contributed by atoms with van der Waals surface area (Å²) >= 11 is 0. The number of hydrogen-bond acceptors (Lipinski definition) is 4. The maximum atomic E-state index is 13.0. The molecule has 0 radical (unpaired) electrons. The number of halogens is 1. The first-order valence-electron chi connectivity index (χ1n) is 8.00. The second kappa shape index (κ2) is 7.34. The van der Waals surface area contributed by atoms with Crippen LogP contribution < -0.4 is 4.74 Å². The number of para-hydroxylation sites is 2. The van der Waals surface area contributed by atoms with Crippen LogP contribution in [0.5, 0.6) is 5.75 Å². The molecule has 0 fully saturated rings. The quantitative estimate of drug-likeness (QED) is 0.644. The van der Waals surface area contributed by atoms with E-state index in [0.717, 1.165) is 16.9 Å². The van der Waals surface area contributed by atoms with Gasteiger partial charge in [-0.25, -0.2) is 9.37 Å². The summed E-state index contributed by atoms with van der Waals surface area (Å²) in [5.41, 5.74) is 1.86. The number of ether oxygens (including phenoxy) is 2. The normalized spacial score (nSPS) is 12.1. The van der Waals surface area contributed by atoms with Gasteiger partial charge in [0.1, 0.15) is 24.0 Å². The van der Waals surface area contributed by atoms with Crippen LogP contribution >= 0.6 is 0 Å². The first-order chi connectivity index (χ1) is 12.0. The van der Waals surface area contributed by atoms with Crippen LogP contribution in [0.3, 0.4) is 0 Å². The Hall–Kier alpha value is -2.89. The highest BCUT2D eigenvalue weighted by atomic mass is 19.1. The SMILES string of the molecule is CC(=O)O[C@@H](COc1ccc(F)cc1)Cn1c(C)nc2ccccc21. The van der Waals surface area contributed by atoms with E-state index < -0.39 is 6.10 Å². The summed E-state index contributed by atoms with van der Waals surface area (Å²) in [5, 5.41) is 0. The van der Waals surface area contributed by atoms with Crippen LogP contribution in [0.2, 0.25) is 0 Å². The third-order valence-electron chi connectivity index (χ3n) is 3.81. The van der Waals surface area contributed by atoms with E-state index in [4.69, 9.17) is 9.47 Å². The van der Waals surface area contributed by atoms with Crippen molar-refractivity contribution in [3.05, 3.63) is 60.2 Å². The molecule has 25 heavy (non-hydrogen) atoms. The number of aromatic nitrogens is 2. The number of benzene rings is 2. The van der Waals surface area contributed by atoms with Crippen molar-refractivity contribution in [2.24, 2.45) is 0 Å². The minimum absolute atomic E-state index is 0.164. The lowest BCUT2D eigenvalue weighted by Gasteiger charge is -2.19. The van der Waals surface area contributed by atoms with E-state index in [1.54, 1.807) is 0 Å². The van der Waals surface area contributed by atoms with Crippen LogP contribution in [0.25, 0.3) is 11.0 Å². The van der Waals surface area contributed by atoms with Crippen LogP contribution in [0.1, 0.15) is 12.7 Å². The Morgan fingerprint density at radius 3 is 2.64 bits per heavy atom. The van der Waals surface area contributed by atoms with Crippen molar-refractivity contribution in [3.63, 3.8) is 0 Å². The zero-order valence-corrected chi connectivity index (χ0v) is 14.1. The summed E-state index contributed by atoms with van der Waals surface area (Å²) < 4.78 is 26.0. The standard InChI is InChI=1S/C19H19FN2O3/c1-13-21-18-5-3-4-6-19(18)22(13)11-17(25-14(2)23)12-24-16-9-7-15(20)8-10-16/h3-10,17H,11-12H2,1-2H3/t17-/m1/s1. The van der Waals surface area contributed by atoms with Gasteiger partial charge in [0.2, 0.25) is 0 Å². The van der Waals surface area contributed by atoms with Gasteiger partial charge in [-0.2, -0.15) is 0 Å². The van der Waals surface area contributed by atoms with Gasteiger partial charge in [0, 0.05) is 6.92 Å². The topological polar surface area (TPSA) is 53.4 Å². The van der Waals surface area contributed by atoms with Crippen LogP contribution in [-0.2, 0) is 16.1 Å². The van der Waals surface area contributed by atoms with E-state index in [0.29, 0.717) is 12.3 Å². The Morgan fingerprint density at radius 2 is 1.92 bits per heavy atom. The van der Waals surface area contributed by atoms with Crippen molar-refractivity contribution >= 4 is 17.0 Å². The lowest BCUT2D eigenvalue weighted by Crippen LogP contribution is -2.29. The number of rotatable bonds is 6. The Labute approximate surface area is 145 Å². The maximum Gasteiger partial charge on any atom is 0.303 e.